The fourth-order valence-electron chi connectivity index (χ4n) is 1.89. The zero-order chi connectivity index (χ0) is 13.7. The van der Waals surface area contributed by atoms with Crippen molar-refractivity contribution in [1.82, 2.24) is 0 Å². The third kappa shape index (κ3) is 3.43. The van der Waals surface area contributed by atoms with Crippen molar-refractivity contribution in [1.29, 1.82) is 5.26 Å². The van der Waals surface area contributed by atoms with Crippen LogP contribution >= 0.6 is 11.6 Å². The van der Waals surface area contributed by atoms with Gasteiger partial charge in [0.1, 0.15) is 0 Å². The van der Waals surface area contributed by atoms with Crippen molar-refractivity contribution in [3.8, 4) is 6.07 Å². The van der Waals surface area contributed by atoms with Gasteiger partial charge in [-0.05, 0) is 17.7 Å². The molecule has 94 valence electrons. The summed E-state index contributed by atoms with van der Waals surface area (Å²) in [5, 5.41) is 9.79. The summed E-state index contributed by atoms with van der Waals surface area (Å²) in [7, 11) is 0. The Hall–Kier alpha value is -2.11. The zero-order valence-electron chi connectivity index (χ0n) is 10.2. The predicted octanol–water partition coefficient (Wildman–Crippen LogP) is 4.22. The molecular formula is C16H12ClNO. The van der Waals surface area contributed by atoms with E-state index in [9.17, 15) is 10.1 Å². The van der Waals surface area contributed by atoms with Gasteiger partial charge in [0, 0.05) is 17.0 Å². The number of benzene rings is 2. The van der Waals surface area contributed by atoms with Crippen molar-refractivity contribution < 1.29 is 4.79 Å². The lowest BCUT2D eigenvalue weighted by Gasteiger charge is -2.09. The molecule has 0 fully saturated rings. The number of nitriles is 1. The third-order valence-electron chi connectivity index (χ3n) is 2.89. The number of carbonyl (C=O) groups is 1. The monoisotopic (exact) mass is 269 g/mol. The SMILES string of the molecule is N#CC(CC(=O)c1ccccc1)c1cccc(Cl)c1. The van der Waals surface area contributed by atoms with E-state index in [1.165, 1.54) is 0 Å². The van der Waals surface area contributed by atoms with Gasteiger partial charge in [-0.2, -0.15) is 5.26 Å². The summed E-state index contributed by atoms with van der Waals surface area (Å²) in [5.74, 6) is -0.501. The first-order chi connectivity index (χ1) is 9.20. The smallest absolute Gasteiger partial charge is 0.164 e. The Morgan fingerprint density at radius 3 is 2.53 bits per heavy atom. The maximum atomic E-state index is 12.1. The van der Waals surface area contributed by atoms with Crippen LogP contribution in [-0.2, 0) is 0 Å². The molecule has 1 atom stereocenters. The number of halogens is 1. The van der Waals surface area contributed by atoms with Gasteiger partial charge in [0.15, 0.2) is 5.78 Å². The standard InChI is InChI=1S/C16H12ClNO/c17-15-8-4-7-13(9-15)14(11-18)10-16(19)12-5-2-1-3-6-12/h1-9,14H,10H2. The molecule has 0 spiro atoms. The van der Waals surface area contributed by atoms with Gasteiger partial charge >= 0.3 is 0 Å². The molecule has 0 aromatic heterocycles. The lowest BCUT2D eigenvalue weighted by atomic mass is 9.93. The van der Waals surface area contributed by atoms with Crippen LogP contribution in [0.2, 0.25) is 5.02 Å². The molecule has 1 unspecified atom stereocenters. The minimum atomic E-state index is -0.466. The van der Waals surface area contributed by atoms with Crippen LogP contribution in [0.1, 0.15) is 28.3 Å². The molecular weight excluding hydrogens is 258 g/mol. The number of ketones is 1. The van der Waals surface area contributed by atoms with Gasteiger partial charge in [-0.25, -0.2) is 0 Å². The third-order valence-corrected chi connectivity index (χ3v) is 3.13. The van der Waals surface area contributed by atoms with E-state index in [-0.39, 0.29) is 12.2 Å². The largest absolute Gasteiger partial charge is 0.294 e. The van der Waals surface area contributed by atoms with E-state index < -0.39 is 5.92 Å². The van der Waals surface area contributed by atoms with Gasteiger partial charge < -0.3 is 0 Å². The van der Waals surface area contributed by atoms with Crippen molar-refractivity contribution in [2.24, 2.45) is 0 Å². The Kier molecular flexibility index (Phi) is 4.33. The van der Waals surface area contributed by atoms with Crippen molar-refractivity contribution in [3.63, 3.8) is 0 Å². The number of hydrogen-bond donors (Lipinski definition) is 0. The number of rotatable bonds is 4. The maximum absolute atomic E-state index is 12.1. The summed E-state index contributed by atoms with van der Waals surface area (Å²) in [6, 6.07) is 18.3. The lowest BCUT2D eigenvalue weighted by Crippen LogP contribution is -2.06. The average Bonchev–Trinajstić information content (AvgIpc) is 2.45. The second-order valence-electron chi connectivity index (χ2n) is 4.23. The molecule has 2 aromatic rings. The van der Waals surface area contributed by atoms with Crippen molar-refractivity contribution >= 4 is 17.4 Å². The molecule has 19 heavy (non-hydrogen) atoms. The molecule has 0 radical (unpaired) electrons. The molecule has 2 nitrogen and oxygen atoms in total. The van der Waals surface area contributed by atoms with Gasteiger partial charge in [0.2, 0.25) is 0 Å². The Bertz CT molecular complexity index is 616. The van der Waals surface area contributed by atoms with Gasteiger partial charge in [0.05, 0.1) is 12.0 Å². The minimum absolute atomic E-state index is 0.0351. The van der Waals surface area contributed by atoms with E-state index in [4.69, 9.17) is 11.6 Å². The molecule has 0 aliphatic rings. The zero-order valence-corrected chi connectivity index (χ0v) is 11.0. The van der Waals surface area contributed by atoms with Crippen LogP contribution in [0.5, 0.6) is 0 Å². The van der Waals surface area contributed by atoms with Gasteiger partial charge in [-0.3, -0.25) is 4.79 Å². The highest BCUT2D eigenvalue weighted by atomic mass is 35.5. The molecule has 0 saturated heterocycles. The molecule has 0 N–H and O–H groups in total. The first-order valence-electron chi connectivity index (χ1n) is 5.94. The fourth-order valence-corrected chi connectivity index (χ4v) is 2.09. The highest BCUT2D eigenvalue weighted by Crippen LogP contribution is 2.23. The molecule has 0 amide bonds. The Balaban J connectivity index is 2.17. The molecule has 2 aromatic carbocycles. The molecule has 0 saturated carbocycles. The second-order valence-corrected chi connectivity index (χ2v) is 4.67. The highest BCUT2D eigenvalue weighted by molar-refractivity contribution is 6.30. The number of hydrogen-bond acceptors (Lipinski definition) is 2. The highest BCUT2D eigenvalue weighted by Gasteiger charge is 2.16. The second kappa shape index (κ2) is 6.17. The van der Waals surface area contributed by atoms with Crippen molar-refractivity contribution in [2.75, 3.05) is 0 Å². The summed E-state index contributed by atoms with van der Waals surface area (Å²) in [5.41, 5.74) is 1.41. The normalized spacial score (nSPS) is 11.6. The lowest BCUT2D eigenvalue weighted by molar-refractivity contribution is 0.0979. The molecule has 0 bridgehead atoms. The van der Waals surface area contributed by atoms with E-state index in [0.717, 1.165) is 5.56 Å². The first-order valence-corrected chi connectivity index (χ1v) is 6.32. The summed E-state index contributed by atoms with van der Waals surface area (Å²) in [4.78, 5) is 12.1. The predicted molar refractivity (Wildman–Crippen MR) is 75.2 cm³/mol. The molecule has 0 aliphatic heterocycles. The molecule has 2 rings (SSSR count). The molecule has 0 heterocycles. The van der Waals surface area contributed by atoms with E-state index in [0.29, 0.717) is 10.6 Å². The van der Waals surface area contributed by atoms with E-state index in [1.807, 2.05) is 24.3 Å². The summed E-state index contributed by atoms with van der Waals surface area (Å²) in [6.07, 6.45) is 0.168. The summed E-state index contributed by atoms with van der Waals surface area (Å²) >= 11 is 5.91. The number of carbonyl (C=O) groups excluding carboxylic acids is 1. The average molecular weight is 270 g/mol. The van der Waals surface area contributed by atoms with Crippen molar-refractivity contribution in [2.45, 2.75) is 12.3 Å². The van der Waals surface area contributed by atoms with Crippen molar-refractivity contribution in [3.05, 3.63) is 70.7 Å². The van der Waals surface area contributed by atoms with Crippen LogP contribution in [0.4, 0.5) is 0 Å². The Morgan fingerprint density at radius 2 is 1.89 bits per heavy atom. The van der Waals surface area contributed by atoms with Crippen LogP contribution < -0.4 is 0 Å². The topological polar surface area (TPSA) is 40.9 Å². The summed E-state index contributed by atoms with van der Waals surface area (Å²) < 4.78 is 0. The van der Waals surface area contributed by atoms with E-state index in [2.05, 4.69) is 6.07 Å². The number of nitrogens with zero attached hydrogens (tertiary/aromatic N) is 1. The van der Waals surface area contributed by atoms with Gasteiger partial charge in [-0.15, -0.1) is 0 Å². The van der Waals surface area contributed by atoms with Crippen LogP contribution in [0, 0.1) is 11.3 Å². The van der Waals surface area contributed by atoms with Crippen LogP contribution in [0.3, 0.4) is 0 Å². The van der Waals surface area contributed by atoms with Gasteiger partial charge in [-0.1, -0.05) is 54.1 Å². The maximum Gasteiger partial charge on any atom is 0.164 e. The van der Waals surface area contributed by atoms with E-state index >= 15 is 0 Å². The minimum Gasteiger partial charge on any atom is -0.294 e. The molecule has 3 heteroatoms. The van der Waals surface area contributed by atoms with Crippen LogP contribution in [0.25, 0.3) is 0 Å². The summed E-state index contributed by atoms with van der Waals surface area (Å²) in [6.45, 7) is 0. The van der Waals surface area contributed by atoms with Crippen LogP contribution in [0.15, 0.2) is 54.6 Å². The van der Waals surface area contributed by atoms with Gasteiger partial charge in [0.25, 0.3) is 0 Å². The Labute approximate surface area is 117 Å². The molecule has 0 aliphatic carbocycles. The quantitative estimate of drug-likeness (QED) is 0.780. The fraction of sp³-hybridized carbons (Fsp3) is 0.125. The van der Waals surface area contributed by atoms with Crippen LogP contribution in [-0.4, -0.2) is 5.78 Å². The van der Waals surface area contributed by atoms with E-state index in [1.54, 1.807) is 30.3 Å². The number of Topliss-reactive ketones (excluding diaryl/α,β-unsaturated/α-hetero) is 1. The Morgan fingerprint density at radius 1 is 1.16 bits per heavy atom. The first kappa shape index (κ1) is 13.3.